The Morgan fingerprint density at radius 1 is 1.31 bits per heavy atom. The van der Waals surface area contributed by atoms with Crippen LogP contribution in [0.4, 0.5) is 4.53 Å². The molecule has 0 saturated carbocycles. The summed E-state index contributed by atoms with van der Waals surface area (Å²) in [5.41, 5.74) is 0.396. The fourth-order valence-corrected chi connectivity index (χ4v) is 1.62. The number of ether oxygens (including phenoxy) is 1. The number of carbonyl (C=O) groups is 2. The van der Waals surface area contributed by atoms with Crippen LogP contribution in [0, 0.1) is 6.92 Å². The summed E-state index contributed by atoms with van der Waals surface area (Å²) in [5, 5.41) is -0.0666. The van der Waals surface area contributed by atoms with Crippen molar-refractivity contribution in [2.45, 2.75) is 6.92 Å². The molecule has 0 aliphatic heterocycles. The van der Waals surface area contributed by atoms with Gasteiger partial charge >= 0.3 is 11.9 Å². The van der Waals surface area contributed by atoms with E-state index in [0.29, 0.717) is 5.56 Å². The number of hydrogen-bond acceptors (Lipinski definition) is 4. The summed E-state index contributed by atoms with van der Waals surface area (Å²) in [6, 6.07) is 2.58. The molecule has 1 aromatic carbocycles. The smallest absolute Gasteiger partial charge is 0.381 e. The molecule has 0 unspecified atom stereocenters. The molecule has 0 radical (unpaired) electrons. The summed E-state index contributed by atoms with van der Waals surface area (Å²) in [5.74, 6) is -1.79. The first kappa shape index (κ1) is 12.4. The van der Waals surface area contributed by atoms with Crippen LogP contribution < -0.4 is 0 Å². The van der Waals surface area contributed by atoms with Crippen LogP contribution in [0.5, 0.6) is 0 Å². The first-order valence-electron chi connectivity index (χ1n) is 4.22. The number of methoxy groups -OCH3 is 1. The Morgan fingerprint density at radius 3 is 2.38 bits per heavy atom. The van der Waals surface area contributed by atoms with E-state index in [2.05, 4.69) is 9.68 Å². The monoisotopic (exact) mass is 246 g/mol. The van der Waals surface area contributed by atoms with E-state index in [-0.39, 0.29) is 16.1 Å². The SMILES string of the molecule is COC(=O)c1cc(C)c(C(=O)OF)c(Cl)c1. The maximum absolute atomic E-state index is 11.8. The number of carbonyl (C=O) groups excluding carboxylic acids is 2. The van der Waals surface area contributed by atoms with Crippen LogP contribution >= 0.6 is 11.6 Å². The van der Waals surface area contributed by atoms with E-state index in [1.165, 1.54) is 26.2 Å². The van der Waals surface area contributed by atoms with Crippen LogP contribution in [0.3, 0.4) is 0 Å². The van der Waals surface area contributed by atoms with Crippen molar-refractivity contribution in [2.24, 2.45) is 0 Å². The Balaban J connectivity index is 3.28. The molecule has 0 heterocycles. The highest BCUT2D eigenvalue weighted by Crippen LogP contribution is 2.23. The van der Waals surface area contributed by atoms with Crippen molar-refractivity contribution in [1.29, 1.82) is 0 Å². The van der Waals surface area contributed by atoms with Gasteiger partial charge < -0.3 is 4.74 Å². The Labute approximate surface area is 95.8 Å². The number of esters is 1. The molecule has 6 heteroatoms. The van der Waals surface area contributed by atoms with Crippen LogP contribution in [0.15, 0.2) is 12.1 Å². The predicted octanol–water partition coefficient (Wildman–Crippen LogP) is 2.48. The van der Waals surface area contributed by atoms with E-state index in [0.717, 1.165) is 0 Å². The molecule has 0 bridgehead atoms. The number of aryl methyl sites for hydroxylation is 1. The van der Waals surface area contributed by atoms with Gasteiger partial charge in [0.15, 0.2) is 0 Å². The zero-order chi connectivity index (χ0) is 12.3. The molecule has 0 spiro atoms. The van der Waals surface area contributed by atoms with Crippen molar-refractivity contribution in [3.63, 3.8) is 0 Å². The topological polar surface area (TPSA) is 52.6 Å². The van der Waals surface area contributed by atoms with Gasteiger partial charge in [-0.15, -0.1) is 0 Å². The fraction of sp³-hybridized carbons (Fsp3) is 0.200. The zero-order valence-corrected chi connectivity index (χ0v) is 9.30. The quantitative estimate of drug-likeness (QED) is 0.753. The molecule has 1 aromatic rings. The van der Waals surface area contributed by atoms with E-state index in [1.807, 2.05) is 0 Å². The van der Waals surface area contributed by atoms with Gasteiger partial charge in [0, 0.05) is 4.53 Å². The Hall–Kier alpha value is -1.62. The molecule has 1 rings (SSSR count). The van der Waals surface area contributed by atoms with Crippen LogP contribution in [0.25, 0.3) is 0 Å². The van der Waals surface area contributed by atoms with E-state index in [1.54, 1.807) is 0 Å². The minimum absolute atomic E-state index is 0.0666. The van der Waals surface area contributed by atoms with Crippen LogP contribution in [0.2, 0.25) is 5.02 Å². The van der Waals surface area contributed by atoms with E-state index in [9.17, 15) is 14.1 Å². The minimum atomic E-state index is -1.20. The fourth-order valence-electron chi connectivity index (χ4n) is 1.28. The van der Waals surface area contributed by atoms with Crippen molar-refractivity contribution in [2.75, 3.05) is 7.11 Å². The second-order valence-electron chi connectivity index (χ2n) is 3.01. The Bertz CT molecular complexity index is 421. The maximum atomic E-state index is 11.8. The summed E-state index contributed by atoms with van der Waals surface area (Å²) in [7, 11) is 1.22. The lowest BCUT2D eigenvalue weighted by molar-refractivity contribution is -0.0788. The van der Waals surface area contributed by atoms with Crippen LogP contribution in [-0.2, 0) is 9.68 Å². The third kappa shape index (κ3) is 2.30. The van der Waals surface area contributed by atoms with Crippen molar-refractivity contribution in [3.05, 3.63) is 33.8 Å². The standard InChI is InChI=1S/C10H8ClFO4/c1-5-3-6(9(13)15-2)4-7(11)8(5)10(14)16-12/h3-4H,1-2H3. The molecule has 0 saturated heterocycles. The van der Waals surface area contributed by atoms with E-state index in [4.69, 9.17) is 11.6 Å². The lowest BCUT2D eigenvalue weighted by Crippen LogP contribution is -2.07. The molecule has 0 aliphatic rings. The second kappa shape index (κ2) is 4.94. The minimum Gasteiger partial charge on any atom is -0.465 e. The van der Waals surface area contributed by atoms with Gasteiger partial charge in [0.25, 0.3) is 0 Å². The molecule has 0 aromatic heterocycles. The Kier molecular flexibility index (Phi) is 3.84. The summed E-state index contributed by atoms with van der Waals surface area (Å²) in [6.45, 7) is 1.50. The van der Waals surface area contributed by atoms with Crippen LogP contribution in [0.1, 0.15) is 26.3 Å². The van der Waals surface area contributed by atoms with Gasteiger partial charge in [-0.05, 0) is 24.6 Å². The van der Waals surface area contributed by atoms with Gasteiger partial charge in [0.1, 0.15) is 0 Å². The van der Waals surface area contributed by atoms with Gasteiger partial charge in [0.2, 0.25) is 0 Å². The lowest BCUT2D eigenvalue weighted by Gasteiger charge is -2.06. The number of halogens is 2. The highest BCUT2D eigenvalue weighted by molar-refractivity contribution is 6.34. The maximum Gasteiger partial charge on any atom is 0.381 e. The van der Waals surface area contributed by atoms with E-state index < -0.39 is 11.9 Å². The van der Waals surface area contributed by atoms with Gasteiger partial charge in [-0.1, -0.05) is 11.6 Å². The summed E-state index contributed by atoms with van der Waals surface area (Å²) in [4.78, 5) is 25.3. The predicted molar refractivity (Wildman–Crippen MR) is 54.1 cm³/mol. The highest BCUT2D eigenvalue weighted by atomic mass is 35.5. The zero-order valence-electron chi connectivity index (χ0n) is 8.54. The summed E-state index contributed by atoms with van der Waals surface area (Å²) >= 11 is 5.73. The number of benzene rings is 1. The molecule has 4 nitrogen and oxygen atoms in total. The first-order chi connectivity index (χ1) is 7.51. The summed E-state index contributed by atoms with van der Waals surface area (Å²) in [6.07, 6.45) is 0. The third-order valence-electron chi connectivity index (χ3n) is 1.98. The normalized spacial score (nSPS) is 9.75. The molecule has 0 fully saturated rings. The van der Waals surface area contributed by atoms with Gasteiger partial charge in [-0.3, -0.25) is 0 Å². The van der Waals surface area contributed by atoms with Gasteiger partial charge in [-0.2, -0.15) is 0 Å². The lowest BCUT2D eigenvalue weighted by atomic mass is 10.1. The molecular weight excluding hydrogens is 239 g/mol. The average Bonchev–Trinajstić information content (AvgIpc) is 2.26. The van der Waals surface area contributed by atoms with Gasteiger partial charge in [-0.25, -0.2) is 14.5 Å². The molecule has 16 heavy (non-hydrogen) atoms. The van der Waals surface area contributed by atoms with Crippen molar-refractivity contribution < 1.29 is 23.8 Å². The molecule has 0 atom stereocenters. The number of hydrogen-bond donors (Lipinski definition) is 0. The van der Waals surface area contributed by atoms with Crippen molar-refractivity contribution in [1.82, 2.24) is 0 Å². The molecule has 86 valence electrons. The van der Waals surface area contributed by atoms with Crippen molar-refractivity contribution in [3.8, 4) is 0 Å². The molecule has 0 N–H and O–H groups in total. The average molecular weight is 247 g/mol. The number of rotatable bonds is 2. The highest BCUT2D eigenvalue weighted by Gasteiger charge is 2.19. The van der Waals surface area contributed by atoms with Crippen molar-refractivity contribution >= 4 is 23.5 Å². The van der Waals surface area contributed by atoms with Crippen LogP contribution in [-0.4, -0.2) is 19.0 Å². The molecule has 0 amide bonds. The second-order valence-corrected chi connectivity index (χ2v) is 3.41. The van der Waals surface area contributed by atoms with E-state index >= 15 is 0 Å². The Morgan fingerprint density at radius 2 is 1.94 bits per heavy atom. The summed E-state index contributed by atoms with van der Waals surface area (Å²) < 4.78 is 16.2. The molecular formula is C10H8ClFO4. The first-order valence-corrected chi connectivity index (χ1v) is 4.60. The largest absolute Gasteiger partial charge is 0.465 e. The van der Waals surface area contributed by atoms with Gasteiger partial charge in [0.05, 0.1) is 23.3 Å². The third-order valence-corrected chi connectivity index (χ3v) is 2.28. The molecule has 0 aliphatic carbocycles.